The molecule has 0 spiro atoms. The molecule has 1 aliphatic carbocycles. The molecule has 16 heavy (non-hydrogen) atoms. The fraction of sp³-hybridized carbons (Fsp3) is 0.583. The predicted octanol–water partition coefficient (Wildman–Crippen LogP) is 3.56. The number of hydrogen-bond donors (Lipinski definition) is 0. The molecule has 1 aromatic heterocycles. The Labute approximate surface area is 104 Å². The predicted molar refractivity (Wildman–Crippen MR) is 66.0 cm³/mol. The molecule has 1 fully saturated rings. The van der Waals surface area contributed by atoms with Crippen molar-refractivity contribution in [1.82, 2.24) is 4.98 Å². The lowest BCUT2D eigenvalue weighted by Gasteiger charge is -2.23. The van der Waals surface area contributed by atoms with Gasteiger partial charge in [0.05, 0.1) is 6.10 Å². The van der Waals surface area contributed by atoms with Gasteiger partial charge < -0.3 is 9.47 Å². The zero-order valence-corrected chi connectivity index (χ0v) is 11.4. The van der Waals surface area contributed by atoms with Crippen LogP contribution >= 0.6 is 15.9 Å². The number of pyridine rings is 1. The zero-order valence-electron chi connectivity index (χ0n) is 9.79. The van der Waals surface area contributed by atoms with Crippen molar-refractivity contribution in [3.05, 3.63) is 16.9 Å². The van der Waals surface area contributed by atoms with Gasteiger partial charge in [-0.3, -0.25) is 0 Å². The summed E-state index contributed by atoms with van der Waals surface area (Å²) in [6.45, 7) is 6.05. The fourth-order valence-electron chi connectivity index (χ4n) is 1.28. The van der Waals surface area contributed by atoms with Crippen molar-refractivity contribution in [1.29, 1.82) is 0 Å². The van der Waals surface area contributed by atoms with Gasteiger partial charge in [-0.05, 0) is 49.5 Å². The van der Waals surface area contributed by atoms with Gasteiger partial charge in [0.2, 0.25) is 0 Å². The highest BCUT2D eigenvalue weighted by Crippen LogP contribution is 2.39. The van der Waals surface area contributed by atoms with Crippen LogP contribution in [0, 0.1) is 0 Å². The summed E-state index contributed by atoms with van der Waals surface area (Å²) in [7, 11) is 0. The third-order valence-corrected chi connectivity index (χ3v) is 2.61. The van der Waals surface area contributed by atoms with E-state index in [4.69, 9.17) is 9.47 Å². The number of aromatic nitrogens is 1. The average molecular weight is 286 g/mol. The van der Waals surface area contributed by atoms with E-state index in [1.54, 1.807) is 6.20 Å². The van der Waals surface area contributed by atoms with Crippen LogP contribution in [0.15, 0.2) is 16.9 Å². The van der Waals surface area contributed by atoms with Crippen LogP contribution in [0.25, 0.3) is 0 Å². The summed E-state index contributed by atoms with van der Waals surface area (Å²) in [6.07, 6.45) is 4.29. The van der Waals surface area contributed by atoms with Gasteiger partial charge in [-0.25, -0.2) is 4.98 Å². The van der Waals surface area contributed by atoms with Crippen molar-refractivity contribution >= 4 is 15.9 Å². The van der Waals surface area contributed by atoms with Crippen molar-refractivity contribution in [2.45, 2.75) is 45.3 Å². The largest absolute Gasteiger partial charge is 0.484 e. The molecule has 0 aliphatic heterocycles. The van der Waals surface area contributed by atoms with E-state index in [1.165, 1.54) is 0 Å². The molecule has 0 radical (unpaired) electrons. The van der Waals surface area contributed by atoms with Gasteiger partial charge in [-0.2, -0.15) is 0 Å². The molecule has 0 bridgehead atoms. The van der Waals surface area contributed by atoms with Crippen LogP contribution in [0.4, 0.5) is 0 Å². The number of rotatable bonds is 3. The third-order valence-electron chi connectivity index (χ3n) is 2.05. The smallest absolute Gasteiger partial charge is 0.194 e. The highest BCUT2D eigenvalue weighted by Gasteiger charge is 2.27. The van der Waals surface area contributed by atoms with Gasteiger partial charge in [0.15, 0.2) is 16.1 Å². The second-order valence-corrected chi connectivity index (χ2v) is 5.71. The van der Waals surface area contributed by atoms with Crippen LogP contribution in [0.3, 0.4) is 0 Å². The molecule has 0 N–H and O–H groups in total. The second kappa shape index (κ2) is 4.24. The van der Waals surface area contributed by atoms with Crippen LogP contribution in [0.5, 0.6) is 11.5 Å². The Kier molecular flexibility index (Phi) is 3.10. The first-order chi connectivity index (χ1) is 7.46. The minimum Gasteiger partial charge on any atom is -0.484 e. The number of ether oxygens (including phenoxy) is 2. The molecular formula is C12H16BrNO2. The van der Waals surface area contributed by atoms with Gasteiger partial charge in [-0.15, -0.1) is 0 Å². The van der Waals surface area contributed by atoms with E-state index in [0.717, 1.165) is 24.3 Å². The molecule has 0 aromatic carbocycles. The number of halogens is 1. The van der Waals surface area contributed by atoms with E-state index in [1.807, 2.05) is 26.8 Å². The number of nitrogens with zero attached hydrogens (tertiary/aromatic N) is 1. The maximum atomic E-state index is 5.85. The normalized spacial score (nSPS) is 16.0. The molecule has 2 rings (SSSR count). The molecule has 1 heterocycles. The highest BCUT2D eigenvalue weighted by atomic mass is 79.9. The Balaban J connectivity index is 2.24. The van der Waals surface area contributed by atoms with E-state index >= 15 is 0 Å². The quantitative estimate of drug-likeness (QED) is 0.796. The number of hydrogen-bond acceptors (Lipinski definition) is 3. The first-order valence-electron chi connectivity index (χ1n) is 5.46. The summed E-state index contributed by atoms with van der Waals surface area (Å²) in [5, 5.41) is 0. The lowest BCUT2D eigenvalue weighted by molar-refractivity contribution is 0.122. The summed E-state index contributed by atoms with van der Waals surface area (Å²) in [6, 6.07) is 1.84. The van der Waals surface area contributed by atoms with Gasteiger partial charge in [0.25, 0.3) is 0 Å². The molecule has 0 atom stereocenters. The summed E-state index contributed by atoms with van der Waals surface area (Å²) in [5.41, 5.74) is -0.234. The van der Waals surface area contributed by atoms with E-state index in [0.29, 0.717) is 10.7 Å². The van der Waals surface area contributed by atoms with Crippen molar-refractivity contribution in [2.24, 2.45) is 0 Å². The average Bonchev–Trinajstić information content (AvgIpc) is 2.92. The van der Waals surface area contributed by atoms with Gasteiger partial charge in [0.1, 0.15) is 5.60 Å². The van der Waals surface area contributed by atoms with Crippen LogP contribution in [0.1, 0.15) is 33.6 Å². The summed E-state index contributed by atoms with van der Waals surface area (Å²) in [4.78, 5) is 4.16. The van der Waals surface area contributed by atoms with E-state index in [2.05, 4.69) is 20.9 Å². The minimum atomic E-state index is -0.234. The Morgan fingerprint density at radius 2 is 2.06 bits per heavy atom. The monoisotopic (exact) mass is 285 g/mol. The molecule has 0 saturated heterocycles. The summed E-state index contributed by atoms with van der Waals surface area (Å²) < 4.78 is 12.4. The van der Waals surface area contributed by atoms with Crippen LogP contribution in [-0.4, -0.2) is 16.7 Å². The van der Waals surface area contributed by atoms with Gasteiger partial charge in [-0.1, -0.05) is 0 Å². The van der Waals surface area contributed by atoms with Crippen LogP contribution in [0.2, 0.25) is 0 Å². The molecule has 1 saturated carbocycles. The lowest BCUT2D eigenvalue weighted by atomic mass is 10.2. The Hall–Kier alpha value is -0.770. The topological polar surface area (TPSA) is 31.4 Å². The molecule has 1 aromatic rings. The summed E-state index contributed by atoms with van der Waals surface area (Å²) >= 11 is 3.39. The van der Waals surface area contributed by atoms with Crippen molar-refractivity contribution < 1.29 is 9.47 Å². The molecule has 0 amide bonds. The van der Waals surface area contributed by atoms with E-state index < -0.39 is 0 Å². The molecular weight excluding hydrogens is 270 g/mol. The molecule has 0 unspecified atom stereocenters. The van der Waals surface area contributed by atoms with Gasteiger partial charge >= 0.3 is 0 Å². The van der Waals surface area contributed by atoms with Crippen molar-refractivity contribution in [3.63, 3.8) is 0 Å². The van der Waals surface area contributed by atoms with Crippen molar-refractivity contribution in [2.75, 3.05) is 0 Å². The molecule has 4 heteroatoms. The lowest BCUT2D eigenvalue weighted by Crippen LogP contribution is -2.23. The van der Waals surface area contributed by atoms with Crippen molar-refractivity contribution in [3.8, 4) is 11.5 Å². The molecule has 3 nitrogen and oxygen atoms in total. The SMILES string of the molecule is CC(C)(C)Oc1ccnc(Br)c1OC1CC1. The maximum absolute atomic E-state index is 5.85. The minimum absolute atomic E-state index is 0.234. The van der Waals surface area contributed by atoms with Crippen LogP contribution in [-0.2, 0) is 0 Å². The zero-order chi connectivity index (χ0) is 11.8. The van der Waals surface area contributed by atoms with E-state index in [-0.39, 0.29) is 5.60 Å². The molecule has 88 valence electrons. The Morgan fingerprint density at radius 3 is 2.62 bits per heavy atom. The summed E-state index contributed by atoms with van der Waals surface area (Å²) in [5.74, 6) is 1.47. The van der Waals surface area contributed by atoms with Gasteiger partial charge in [0, 0.05) is 12.3 Å². The third kappa shape index (κ3) is 3.11. The molecule has 1 aliphatic rings. The maximum Gasteiger partial charge on any atom is 0.194 e. The highest BCUT2D eigenvalue weighted by molar-refractivity contribution is 9.10. The van der Waals surface area contributed by atoms with E-state index in [9.17, 15) is 0 Å². The Morgan fingerprint density at radius 1 is 1.38 bits per heavy atom. The first-order valence-corrected chi connectivity index (χ1v) is 6.25. The standard InChI is InChI=1S/C12H16BrNO2/c1-12(2,3)16-9-6-7-14-11(13)10(9)15-8-4-5-8/h6-8H,4-5H2,1-3H3. The fourth-order valence-corrected chi connectivity index (χ4v) is 1.68. The first kappa shape index (κ1) is 11.7. The Bertz CT molecular complexity index is 383. The van der Waals surface area contributed by atoms with Crippen LogP contribution < -0.4 is 9.47 Å². The second-order valence-electron chi connectivity index (χ2n) is 4.96.